The van der Waals surface area contributed by atoms with Crippen molar-refractivity contribution < 1.29 is 4.79 Å². The molecular formula is C13H20N2OS. The Kier molecular flexibility index (Phi) is 6.08. The van der Waals surface area contributed by atoms with Crippen LogP contribution in [0.25, 0.3) is 0 Å². The average molecular weight is 252 g/mol. The summed E-state index contributed by atoms with van der Waals surface area (Å²) in [7, 11) is 3.73. The number of nitrogens with zero attached hydrogens (tertiary/aromatic N) is 1. The molecule has 0 atom stereocenters. The van der Waals surface area contributed by atoms with Crippen LogP contribution in [0, 0.1) is 0 Å². The Labute approximate surface area is 108 Å². The Balaban J connectivity index is 2.55. The summed E-state index contributed by atoms with van der Waals surface area (Å²) in [5.41, 5.74) is 0.956. The van der Waals surface area contributed by atoms with Gasteiger partial charge in [-0.05, 0) is 50.5 Å². The monoisotopic (exact) mass is 252 g/mol. The molecule has 1 amide bonds. The van der Waals surface area contributed by atoms with Crippen molar-refractivity contribution >= 4 is 23.4 Å². The number of benzene rings is 1. The van der Waals surface area contributed by atoms with Crippen LogP contribution in [0.2, 0.25) is 0 Å². The molecule has 0 fully saturated rings. The first kappa shape index (κ1) is 14.1. The summed E-state index contributed by atoms with van der Waals surface area (Å²) < 4.78 is 0. The molecule has 0 aliphatic heterocycles. The normalized spacial score (nSPS) is 10.3. The zero-order valence-corrected chi connectivity index (χ0v) is 11.5. The maximum atomic E-state index is 11.9. The lowest BCUT2D eigenvalue weighted by molar-refractivity contribution is -0.118. The van der Waals surface area contributed by atoms with Crippen molar-refractivity contribution in [2.75, 3.05) is 31.8 Å². The lowest BCUT2D eigenvalue weighted by Crippen LogP contribution is -2.26. The van der Waals surface area contributed by atoms with Gasteiger partial charge in [0.2, 0.25) is 5.91 Å². The number of carbonyl (C=O) groups is 1. The minimum atomic E-state index is 0.164. The lowest BCUT2D eigenvalue weighted by Gasteiger charge is -2.17. The topological polar surface area (TPSA) is 32.3 Å². The summed E-state index contributed by atoms with van der Waals surface area (Å²) in [4.78, 5) is 14.8. The van der Waals surface area contributed by atoms with Crippen molar-refractivity contribution in [1.29, 1.82) is 0 Å². The molecule has 0 radical (unpaired) electrons. The van der Waals surface area contributed by atoms with Gasteiger partial charge in [0, 0.05) is 24.1 Å². The summed E-state index contributed by atoms with van der Waals surface area (Å²) in [5, 5.41) is 3.04. The fourth-order valence-corrected chi connectivity index (χ4v) is 1.94. The molecule has 1 aromatic carbocycles. The van der Waals surface area contributed by atoms with Crippen molar-refractivity contribution in [3.63, 3.8) is 0 Å². The second-order valence-corrected chi connectivity index (χ2v) is 4.74. The van der Waals surface area contributed by atoms with Crippen LogP contribution in [0.15, 0.2) is 29.2 Å². The fraction of sp³-hybridized carbons (Fsp3) is 0.462. The highest BCUT2D eigenvalue weighted by Gasteiger charge is 2.09. The van der Waals surface area contributed by atoms with Gasteiger partial charge in [-0.3, -0.25) is 4.79 Å². The molecule has 0 heterocycles. The molecule has 3 nitrogen and oxygen atoms in total. The number of rotatable bonds is 6. The highest BCUT2D eigenvalue weighted by atomic mass is 32.2. The molecule has 17 heavy (non-hydrogen) atoms. The highest BCUT2D eigenvalue weighted by molar-refractivity contribution is 7.98. The molecule has 0 aliphatic carbocycles. The van der Waals surface area contributed by atoms with Crippen LogP contribution in [0.4, 0.5) is 5.69 Å². The molecule has 94 valence electrons. The number of hydrogen-bond acceptors (Lipinski definition) is 3. The molecule has 0 saturated carbocycles. The number of carbonyl (C=O) groups excluding carboxylic acids is 1. The van der Waals surface area contributed by atoms with Crippen LogP contribution in [0.5, 0.6) is 0 Å². The molecule has 0 spiro atoms. The SMILES string of the molecule is CNCCCC(=O)N(C)c1ccc(SC)cc1. The van der Waals surface area contributed by atoms with E-state index < -0.39 is 0 Å². The summed E-state index contributed by atoms with van der Waals surface area (Å²) >= 11 is 1.70. The second-order valence-electron chi connectivity index (χ2n) is 3.86. The van der Waals surface area contributed by atoms with Gasteiger partial charge < -0.3 is 10.2 Å². The molecule has 1 rings (SSSR count). The summed E-state index contributed by atoms with van der Waals surface area (Å²) in [6, 6.07) is 8.05. The van der Waals surface area contributed by atoms with Gasteiger partial charge >= 0.3 is 0 Å². The van der Waals surface area contributed by atoms with E-state index in [2.05, 4.69) is 5.32 Å². The Bertz CT molecular complexity index is 351. The van der Waals surface area contributed by atoms with Crippen molar-refractivity contribution in [3.8, 4) is 0 Å². The third-order valence-corrected chi connectivity index (χ3v) is 3.39. The molecule has 0 aromatic heterocycles. The highest BCUT2D eigenvalue weighted by Crippen LogP contribution is 2.20. The molecule has 0 aliphatic rings. The number of anilines is 1. The van der Waals surface area contributed by atoms with E-state index >= 15 is 0 Å². The van der Waals surface area contributed by atoms with Gasteiger partial charge in [0.05, 0.1) is 0 Å². The van der Waals surface area contributed by atoms with Crippen LogP contribution in [-0.2, 0) is 4.79 Å². The van der Waals surface area contributed by atoms with Crippen molar-refractivity contribution in [3.05, 3.63) is 24.3 Å². The number of amides is 1. The summed E-state index contributed by atoms with van der Waals surface area (Å²) in [5.74, 6) is 0.164. The molecule has 0 unspecified atom stereocenters. The first-order valence-corrected chi connectivity index (χ1v) is 6.96. The van der Waals surface area contributed by atoms with Crippen molar-refractivity contribution in [1.82, 2.24) is 5.32 Å². The maximum Gasteiger partial charge on any atom is 0.226 e. The third-order valence-electron chi connectivity index (χ3n) is 2.65. The smallest absolute Gasteiger partial charge is 0.226 e. The van der Waals surface area contributed by atoms with Gasteiger partial charge in [-0.2, -0.15) is 0 Å². The van der Waals surface area contributed by atoms with E-state index in [0.717, 1.165) is 18.7 Å². The van der Waals surface area contributed by atoms with Crippen LogP contribution < -0.4 is 10.2 Å². The summed E-state index contributed by atoms with van der Waals surface area (Å²) in [6.07, 6.45) is 3.51. The van der Waals surface area contributed by atoms with Crippen LogP contribution in [-0.4, -0.2) is 32.8 Å². The standard InChI is InChI=1S/C13H20N2OS/c1-14-10-4-5-13(16)15(2)11-6-8-12(17-3)9-7-11/h6-9,14H,4-5,10H2,1-3H3. The largest absolute Gasteiger partial charge is 0.320 e. The van der Waals surface area contributed by atoms with Crippen LogP contribution >= 0.6 is 11.8 Å². The predicted molar refractivity (Wildman–Crippen MR) is 74.8 cm³/mol. The Morgan fingerprint density at radius 1 is 1.35 bits per heavy atom. The first-order chi connectivity index (χ1) is 8.19. The minimum absolute atomic E-state index is 0.164. The zero-order valence-electron chi connectivity index (χ0n) is 10.7. The average Bonchev–Trinajstić information content (AvgIpc) is 2.38. The van der Waals surface area contributed by atoms with Crippen molar-refractivity contribution in [2.45, 2.75) is 17.7 Å². The predicted octanol–water partition coefficient (Wildman–Crippen LogP) is 2.37. The molecule has 1 aromatic rings. The second kappa shape index (κ2) is 7.35. The Morgan fingerprint density at radius 2 is 2.00 bits per heavy atom. The molecular weight excluding hydrogens is 232 g/mol. The quantitative estimate of drug-likeness (QED) is 0.623. The molecule has 4 heteroatoms. The van der Waals surface area contributed by atoms with Gasteiger partial charge in [0.15, 0.2) is 0 Å². The Morgan fingerprint density at radius 3 is 2.53 bits per heavy atom. The van der Waals surface area contributed by atoms with Crippen molar-refractivity contribution in [2.24, 2.45) is 0 Å². The van der Waals surface area contributed by atoms with Gasteiger partial charge in [-0.25, -0.2) is 0 Å². The zero-order chi connectivity index (χ0) is 12.7. The lowest BCUT2D eigenvalue weighted by atomic mass is 10.2. The van der Waals surface area contributed by atoms with Gasteiger partial charge in [0.25, 0.3) is 0 Å². The van der Waals surface area contributed by atoms with Gasteiger partial charge in [-0.1, -0.05) is 0 Å². The molecule has 0 bridgehead atoms. The minimum Gasteiger partial charge on any atom is -0.320 e. The van der Waals surface area contributed by atoms with Crippen LogP contribution in [0.3, 0.4) is 0 Å². The summed E-state index contributed by atoms with van der Waals surface area (Å²) in [6.45, 7) is 0.880. The van der Waals surface area contributed by atoms with E-state index in [4.69, 9.17) is 0 Å². The van der Waals surface area contributed by atoms with E-state index in [1.54, 1.807) is 16.7 Å². The fourth-order valence-electron chi connectivity index (χ4n) is 1.53. The van der Waals surface area contributed by atoms with E-state index in [9.17, 15) is 4.79 Å². The first-order valence-electron chi connectivity index (χ1n) is 5.74. The van der Waals surface area contributed by atoms with Crippen LogP contribution in [0.1, 0.15) is 12.8 Å². The number of thioether (sulfide) groups is 1. The van der Waals surface area contributed by atoms with Gasteiger partial charge in [0.1, 0.15) is 0 Å². The molecule has 0 saturated heterocycles. The van der Waals surface area contributed by atoms with E-state index in [1.165, 1.54) is 4.90 Å². The number of nitrogens with one attached hydrogen (secondary N) is 1. The van der Waals surface area contributed by atoms with E-state index in [0.29, 0.717) is 6.42 Å². The van der Waals surface area contributed by atoms with E-state index in [1.807, 2.05) is 44.6 Å². The third kappa shape index (κ3) is 4.40. The molecule has 1 N–H and O–H groups in total. The van der Waals surface area contributed by atoms with Gasteiger partial charge in [-0.15, -0.1) is 11.8 Å². The van der Waals surface area contributed by atoms with E-state index in [-0.39, 0.29) is 5.91 Å². The Hall–Kier alpha value is -1.00. The maximum absolute atomic E-state index is 11.9. The number of hydrogen-bond donors (Lipinski definition) is 1.